The number of thiocarbonyl (C=S) groups is 1. The summed E-state index contributed by atoms with van der Waals surface area (Å²) in [4.78, 5) is 14.7. The first-order valence-corrected chi connectivity index (χ1v) is 15.6. The van der Waals surface area contributed by atoms with Crippen LogP contribution in [0.2, 0.25) is 5.02 Å². The van der Waals surface area contributed by atoms with Gasteiger partial charge in [-0.25, -0.2) is 0 Å². The summed E-state index contributed by atoms with van der Waals surface area (Å²) in [5.41, 5.74) is 3.97. The molecule has 0 atom stereocenters. The lowest BCUT2D eigenvalue weighted by Crippen LogP contribution is -2.45. The van der Waals surface area contributed by atoms with Crippen LogP contribution in [-0.2, 0) is 23.1 Å². The van der Waals surface area contributed by atoms with Crippen LogP contribution in [0.15, 0.2) is 54.6 Å². The molecule has 0 radical (unpaired) electrons. The smallest absolute Gasteiger partial charge is 0.232 e. The molecule has 2 fully saturated rings. The third-order valence-electron chi connectivity index (χ3n) is 8.98. The molecule has 2 aromatic carbocycles. The molecule has 216 valence electrons. The number of piperidine rings is 1. The van der Waals surface area contributed by atoms with E-state index in [1.54, 1.807) is 0 Å². The first-order chi connectivity index (χ1) is 20.0. The van der Waals surface area contributed by atoms with Gasteiger partial charge in [-0.1, -0.05) is 54.9 Å². The zero-order valence-corrected chi connectivity index (χ0v) is 25.3. The summed E-state index contributed by atoms with van der Waals surface area (Å²) in [6, 6.07) is 19.0. The van der Waals surface area contributed by atoms with Crippen LogP contribution in [-0.4, -0.2) is 54.5 Å². The van der Waals surface area contributed by atoms with Crippen LogP contribution in [0.5, 0.6) is 0 Å². The zero-order chi connectivity index (χ0) is 28.2. The molecule has 2 N–H and O–H groups in total. The molecule has 4 heterocycles. The predicted octanol–water partition coefficient (Wildman–Crippen LogP) is 5.96. The predicted molar refractivity (Wildman–Crippen MR) is 171 cm³/mol. The number of hydrogen-bond donors (Lipinski definition) is 2. The Bertz CT molecular complexity index is 1350. The number of aromatic nitrogens is 2. The maximum absolute atomic E-state index is 6.19. The van der Waals surface area contributed by atoms with Gasteiger partial charge in [0.2, 0.25) is 5.95 Å². The Kier molecular flexibility index (Phi) is 8.60. The van der Waals surface area contributed by atoms with Gasteiger partial charge in [-0.3, -0.25) is 0 Å². The number of anilines is 3. The fourth-order valence-corrected chi connectivity index (χ4v) is 6.55. The summed E-state index contributed by atoms with van der Waals surface area (Å²) in [6.07, 6.45) is 5.20. The van der Waals surface area contributed by atoms with Gasteiger partial charge in [0.1, 0.15) is 11.6 Å². The van der Waals surface area contributed by atoms with Crippen LogP contribution in [0.1, 0.15) is 49.3 Å². The molecule has 0 unspecified atom stereocenters. The van der Waals surface area contributed by atoms with Gasteiger partial charge in [0.05, 0.1) is 0 Å². The fourth-order valence-electron chi connectivity index (χ4n) is 6.26. The van der Waals surface area contributed by atoms with Gasteiger partial charge in [0.15, 0.2) is 5.11 Å². The zero-order valence-electron chi connectivity index (χ0n) is 23.7. The highest BCUT2D eigenvalue weighted by molar-refractivity contribution is 7.80. The van der Waals surface area contributed by atoms with Crippen LogP contribution in [0.3, 0.4) is 0 Å². The third kappa shape index (κ3) is 6.60. The first-order valence-electron chi connectivity index (χ1n) is 14.8. The van der Waals surface area contributed by atoms with Gasteiger partial charge in [0, 0.05) is 62.4 Å². The Balaban J connectivity index is 1.21. The Labute approximate surface area is 253 Å². The van der Waals surface area contributed by atoms with E-state index >= 15 is 0 Å². The third-order valence-corrected chi connectivity index (χ3v) is 9.48. The van der Waals surface area contributed by atoms with Crippen molar-refractivity contribution in [1.82, 2.24) is 15.3 Å². The number of benzene rings is 2. The molecule has 3 aliphatic rings. The number of nitrogens with one attached hydrogen (secondary N) is 2. The van der Waals surface area contributed by atoms with E-state index in [-0.39, 0.29) is 5.41 Å². The number of hydrogen-bond acceptors (Lipinski definition) is 6. The van der Waals surface area contributed by atoms with Crippen molar-refractivity contribution in [3.05, 3.63) is 76.3 Å². The number of fused-ring (bicyclic) bond motifs is 1. The second-order valence-electron chi connectivity index (χ2n) is 11.7. The quantitative estimate of drug-likeness (QED) is 0.341. The Hall–Kier alpha value is -2.94. The molecule has 0 amide bonds. The van der Waals surface area contributed by atoms with E-state index in [1.165, 1.54) is 29.5 Å². The van der Waals surface area contributed by atoms with Crippen LogP contribution in [0.4, 0.5) is 17.6 Å². The standard InChI is InChI=1S/C32H39ClN6OS/c1-23-10-15-38(16-11-23)28-20-29(39-17-12-24-4-2-3-5-25(24)21-39)36-30(35-28)37-31(41)34-22-32(13-18-40-19-14-32)26-6-8-27(33)9-7-26/h2-9,20,23H,10-19,21-22H2,1H3,(H2,34,35,36,37,41). The summed E-state index contributed by atoms with van der Waals surface area (Å²) in [5.74, 6) is 3.20. The maximum atomic E-state index is 6.19. The molecule has 1 aromatic heterocycles. The minimum absolute atomic E-state index is 0.0753. The van der Waals surface area contributed by atoms with Gasteiger partial charge in [-0.15, -0.1) is 0 Å². The number of nitrogens with zero attached hydrogens (tertiary/aromatic N) is 4. The average Bonchev–Trinajstić information content (AvgIpc) is 3.01. The largest absolute Gasteiger partial charge is 0.381 e. The monoisotopic (exact) mass is 590 g/mol. The van der Waals surface area contributed by atoms with Gasteiger partial charge < -0.3 is 25.2 Å². The Morgan fingerprint density at radius 1 is 0.976 bits per heavy atom. The summed E-state index contributed by atoms with van der Waals surface area (Å²) in [6.45, 7) is 8.28. The Morgan fingerprint density at radius 3 is 2.39 bits per heavy atom. The molecule has 0 aliphatic carbocycles. The molecule has 2 saturated heterocycles. The highest BCUT2D eigenvalue weighted by Crippen LogP contribution is 2.35. The molecule has 41 heavy (non-hydrogen) atoms. The van der Waals surface area contributed by atoms with Gasteiger partial charge in [-0.05, 0) is 79.1 Å². The van der Waals surface area contributed by atoms with E-state index < -0.39 is 0 Å². The van der Waals surface area contributed by atoms with Crippen molar-refractivity contribution in [3.63, 3.8) is 0 Å². The highest BCUT2D eigenvalue weighted by Gasteiger charge is 2.34. The Morgan fingerprint density at radius 2 is 1.66 bits per heavy atom. The van der Waals surface area contributed by atoms with E-state index in [0.717, 1.165) is 81.2 Å². The van der Waals surface area contributed by atoms with E-state index in [0.29, 0.717) is 17.6 Å². The molecule has 3 aliphatic heterocycles. The molecule has 0 spiro atoms. The number of halogens is 1. The van der Waals surface area contributed by atoms with Crippen molar-refractivity contribution in [1.29, 1.82) is 0 Å². The van der Waals surface area contributed by atoms with Crippen LogP contribution in [0, 0.1) is 5.92 Å². The van der Waals surface area contributed by atoms with Gasteiger partial charge in [-0.2, -0.15) is 9.97 Å². The molecular formula is C32H39ClN6OS. The lowest BCUT2D eigenvalue weighted by molar-refractivity contribution is 0.0515. The van der Waals surface area contributed by atoms with Crippen molar-refractivity contribution in [2.24, 2.45) is 5.92 Å². The molecular weight excluding hydrogens is 552 g/mol. The topological polar surface area (TPSA) is 65.5 Å². The van der Waals surface area contributed by atoms with E-state index in [4.69, 9.17) is 38.5 Å². The minimum Gasteiger partial charge on any atom is -0.381 e. The summed E-state index contributed by atoms with van der Waals surface area (Å²) < 4.78 is 5.71. The number of rotatable bonds is 6. The van der Waals surface area contributed by atoms with Crippen LogP contribution < -0.4 is 20.4 Å². The SMILES string of the molecule is CC1CCN(c2cc(N3CCc4ccccc4C3)nc(NC(=S)NCC3(c4ccc(Cl)cc4)CCOCC3)n2)CC1. The molecule has 6 rings (SSSR count). The molecule has 9 heteroatoms. The second kappa shape index (κ2) is 12.5. The van der Waals surface area contributed by atoms with Gasteiger partial charge in [0.25, 0.3) is 0 Å². The molecule has 0 saturated carbocycles. The van der Waals surface area contributed by atoms with E-state index in [2.05, 4.69) is 69.8 Å². The number of ether oxygens (including phenoxy) is 1. The highest BCUT2D eigenvalue weighted by atomic mass is 35.5. The first kappa shape index (κ1) is 28.2. The second-order valence-corrected chi connectivity index (χ2v) is 12.6. The molecule has 0 bridgehead atoms. The summed E-state index contributed by atoms with van der Waals surface area (Å²) in [5, 5.41) is 8.11. The van der Waals surface area contributed by atoms with Crippen molar-refractivity contribution in [3.8, 4) is 0 Å². The van der Waals surface area contributed by atoms with E-state index in [9.17, 15) is 0 Å². The van der Waals surface area contributed by atoms with Crippen LogP contribution in [0.25, 0.3) is 0 Å². The summed E-state index contributed by atoms with van der Waals surface area (Å²) >= 11 is 12.0. The maximum Gasteiger partial charge on any atom is 0.232 e. The van der Waals surface area contributed by atoms with Crippen molar-refractivity contribution in [2.75, 3.05) is 54.5 Å². The normalized spacial score (nSPS) is 19.0. The van der Waals surface area contributed by atoms with Crippen molar-refractivity contribution in [2.45, 2.75) is 51.0 Å². The van der Waals surface area contributed by atoms with Gasteiger partial charge >= 0.3 is 0 Å². The van der Waals surface area contributed by atoms with E-state index in [1.807, 2.05) is 12.1 Å². The minimum atomic E-state index is -0.0753. The summed E-state index contributed by atoms with van der Waals surface area (Å²) in [7, 11) is 0. The molecule has 7 nitrogen and oxygen atoms in total. The van der Waals surface area contributed by atoms with Crippen molar-refractivity contribution >= 4 is 46.5 Å². The van der Waals surface area contributed by atoms with Crippen molar-refractivity contribution < 1.29 is 4.74 Å². The molecule has 3 aromatic rings. The lowest BCUT2D eigenvalue weighted by Gasteiger charge is -2.38. The fraction of sp³-hybridized carbons (Fsp3) is 0.469. The van der Waals surface area contributed by atoms with Crippen LogP contribution >= 0.6 is 23.8 Å². The average molecular weight is 591 g/mol. The lowest BCUT2D eigenvalue weighted by atomic mass is 9.74.